The van der Waals surface area contributed by atoms with Gasteiger partial charge in [0.15, 0.2) is 0 Å². The van der Waals surface area contributed by atoms with Crippen molar-refractivity contribution in [2.24, 2.45) is 5.73 Å². The van der Waals surface area contributed by atoms with E-state index in [1.54, 1.807) is 11.3 Å². The zero-order valence-corrected chi connectivity index (χ0v) is 9.69. The molecule has 1 aromatic heterocycles. The number of nitrogens with one attached hydrogen (secondary N) is 1. The van der Waals surface area contributed by atoms with E-state index in [1.165, 1.54) is 4.88 Å². The molecular formula is C11H18N2OS. The van der Waals surface area contributed by atoms with Crippen LogP contribution in [0.1, 0.15) is 24.1 Å². The lowest BCUT2D eigenvalue weighted by Gasteiger charge is -2.03. The van der Waals surface area contributed by atoms with E-state index in [1.807, 2.05) is 0 Å². The number of amides is 1. The third kappa shape index (κ3) is 5.54. The number of hydrogen-bond donors (Lipinski definition) is 2. The third-order valence-electron chi connectivity index (χ3n) is 2.11. The first-order chi connectivity index (χ1) is 7.33. The minimum atomic E-state index is 0.117. The number of hydrogen-bond acceptors (Lipinski definition) is 3. The van der Waals surface area contributed by atoms with E-state index in [2.05, 4.69) is 22.8 Å². The van der Waals surface area contributed by atoms with Crippen LogP contribution in [-0.4, -0.2) is 19.0 Å². The highest BCUT2D eigenvalue weighted by atomic mass is 32.1. The molecule has 0 aromatic carbocycles. The maximum absolute atomic E-state index is 11.2. The fraction of sp³-hybridized carbons (Fsp3) is 0.545. The number of aryl methyl sites for hydroxylation is 1. The van der Waals surface area contributed by atoms with Crippen molar-refractivity contribution < 1.29 is 4.79 Å². The molecule has 0 atom stereocenters. The van der Waals surface area contributed by atoms with Gasteiger partial charge in [0, 0.05) is 17.8 Å². The molecule has 3 nitrogen and oxygen atoms in total. The molecule has 1 amide bonds. The first kappa shape index (κ1) is 12.2. The number of thiophene rings is 1. The Morgan fingerprint density at radius 3 is 3.00 bits per heavy atom. The van der Waals surface area contributed by atoms with E-state index < -0.39 is 0 Å². The van der Waals surface area contributed by atoms with E-state index in [4.69, 9.17) is 5.73 Å². The van der Waals surface area contributed by atoms with Gasteiger partial charge >= 0.3 is 0 Å². The van der Waals surface area contributed by atoms with Crippen LogP contribution < -0.4 is 11.1 Å². The fourth-order valence-corrected chi connectivity index (χ4v) is 2.05. The molecule has 0 aliphatic carbocycles. The first-order valence-corrected chi connectivity index (χ1v) is 6.20. The van der Waals surface area contributed by atoms with Crippen LogP contribution in [0.15, 0.2) is 17.5 Å². The van der Waals surface area contributed by atoms with E-state index in [9.17, 15) is 4.79 Å². The predicted octanol–water partition coefficient (Wildman–Crippen LogP) is 1.54. The van der Waals surface area contributed by atoms with Crippen LogP contribution >= 0.6 is 11.3 Å². The molecule has 1 rings (SSSR count). The molecule has 0 fully saturated rings. The van der Waals surface area contributed by atoms with Crippen LogP contribution in [0, 0.1) is 0 Å². The van der Waals surface area contributed by atoms with Crippen molar-refractivity contribution in [1.29, 1.82) is 0 Å². The van der Waals surface area contributed by atoms with Gasteiger partial charge in [-0.2, -0.15) is 0 Å². The molecule has 0 aliphatic rings. The maximum Gasteiger partial charge on any atom is 0.220 e. The Morgan fingerprint density at radius 2 is 2.33 bits per heavy atom. The fourth-order valence-electron chi connectivity index (χ4n) is 1.30. The van der Waals surface area contributed by atoms with Crippen molar-refractivity contribution in [2.75, 3.05) is 13.1 Å². The summed E-state index contributed by atoms with van der Waals surface area (Å²) >= 11 is 1.77. The van der Waals surface area contributed by atoms with Gasteiger partial charge < -0.3 is 11.1 Å². The summed E-state index contributed by atoms with van der Waals surface area (Å²) in [7, 11) is 0. The molecule has 0 aliphatic heterocycles. The molecule has 0 saturated carbocycles. The molecule has 4 heteroatoms. The third-order valence-corrected chi connectivity index (χ3v) is 3.05. The number of rotatable bonds is 7. The largest absolute Gasteiger partial charge is 0.356 e. The molecule has 84 valence electrons. The van der Waals surface area contributed by atoms with Gasteiger partial charge in [0.05, 0.1) is 0 Å². The van der Waals surface area contributed by atoms with E-state index >= 15 is 0 Å². The summed E-state index contributed by atoms with van der Waals surface area (Å²) in [4.78, 5) is 12.6. The average molecular weight is 226 g/mol. The van der Waals surface area contributed by atoms with E-state index in [-0.39, 0.29) is 5.91 Å². The molecule has 0 radical (unpaired) electrons. The Hall–Kier alpha value is -0.870. The SMILES string of the molecule is NCCCC(=O)NCCCc1cccs1. The second kappa shape index (κ2) is 7.43. The molecule has 0 spiro atoms. The summed E-state index contributed by atoms with van der Waals surface area (Å²) in [6, 6.07) is 4.18. The Morgan fingerprint density at radius 1 is 1.47 bits per heavy atom. The summed E-state index contributed by atoms with van der Waals surface area (Å²) in [6.07, 6.45) is 3.38. The summed E-state index contributed by atoms with van der Waals surface area (Å²) < 4.78 is 0. The van der Waals surface area contributed by atoms with Crippen LogP contribution in [0.3, 0.4) is 0 Å². The van der Waals surface area contributed by atoms with Gasteiger partial charge in [-0.1, -0.05) is 6.07 Å². The minimum Gasteiger partial charge on any atom is -0.356 e. The Bertz CT molecular complexity index is 272. The molecule has 0 bridgehead atoms. The monoisotopic (exact) mass is 226 g/mol. The molecule has 0 saturated heterocycles. The van der Waals surface area contributed by atoms with Crippen molar-refractivity contribution in [3.05, 3.63) is 22.4 Å². The lowest BCUT2D eigenvalue weighted by Crippen LogP contribution is -2.25. The molecule has 0 unspecified atom stereocenters. The van der Waals surface area contributed by atoms with Crippen LogP contribution in [0.2, 0.25) is 0 Å². The van der Waals surface area contributed by atoms with Gasteiger partial charge in [0.2, 0.25) is 5.91 Å². The first-order valence-electron chi connectivity index (χ1n) is 5.32. The van der Waals surface area contributed by atoms with Crippen LogP contribution in [0.5, 0.6) is 0 Å². The van der Waals surface area contributed by atoms with Crippen molar-refractivity contribution in [3.8, 4) is 0 Å². The summed E-state index contributed by atoms with van der Waals surface area (Å²) in [5.74, 6) is 0.117. The molecule has 15 heavy (non-hydrogen) atoms. The quantitative estimate of drug-likeness (QED) is 0.693. The van der Waals surface area contributed by atoms with Crippen LogP contribution in [-0.2, 0) is 11.2 Å². The van der Waals surface area contributed by atoms with Gasteiger partial charge in [-0.05, 0) is 37.3 Å². The van der Waals surface area contributed by atoms with Crippen LogP contribution in [0.25, 0.3) is 0 Å². The second-order valence-electron chi connectivity index (χ2n) is 3.43. The normalized spacial score (nSPS) is 10.2. The topological polar surface area (TPSA) is 55.1 Å². The van der Waals surface area contributed by atoms with Gasteiger partial charge in [-0.25, -0.2) is 0 Å². The minimum absolute atomic E-state index is 0.117. The van der Waals surface area contributed by atoms with E-state index in [0.717, 1.165) is 25.8 Å². The summed E-state index contributed by atoms with van der Waals surface area (Å²) in [5, 5.41) is 4.97. The van der Waals surface area contributed by atoms with Crippen molar-refractivity contribution >= 4 is 17.2 Å². The highest BCUT2D eigenvalue weighted by Gasteiger charge is 1.99. The summed E-state index contributed by atoms with van der Waals surface area (Å²) in [6.45, 7) is 1.35. The van der Waals surface area contributed by atoms with Crippen LogP contribution in [0.4, 0.5) is 0 Å². The Labute approximate surface area is 94.7 Å². The zero-order chi connectivity index (χ0) is 10.9. The Kier molecular flexibility index (Phi) is 6.04. The lowest BCUT2D eigenvalue weighted by molar-refractivity contribution is -0.121. The molecular weight excluding hydrogens is 208 g/mol. The Balaban J connectivity index is 1.99. The smallest absolute Gasteiger partial charge is 0.220 e. The predicted molar refractivity (Wildman–Crippen MR) is 63.9 cm³/mol. The standard InChI is InChI=1S/C11H18N2OS/c12-7-1-6-11(14)13-8-2-4-10-5-3-9-15-10/h3,5,9H,1-2,4,6-8,12H2,(H,13,14). The van der Waals surface area contributed by atoms with E-state index in [0.29, 0.717) is 13.0 Å². The highest BCUT2D eigenvalue weighted by molar-refractivity contribution is 7.09. The molecule has 1 aromatic rings. The molecule has 1 heterocycles. The van der Waals surface area contributed by atoms with Gasteiger partial charge in [-0.15, -0.1) is 11.3 Å². The number of carbonyl (C=O) groups is 1. The maximum atomic E-state index is 11.2. The van der Waals surface area contributed by atoms with Gasteiger partial charge in [-0.3, -0.25) is 4.79 Å². The highest BCUT2D eigenvalue weighted by Crippen LogP contribution is 2.10. The zero-order valence-electron chi connectivity index (χ0n) is 8.87. The van der Waals surface area contributed by atoms with Crippen molar-refractivity contribution in [2.45, 2.75) is 25.7 Å². The van der Waals surface area contributed by atoms with Crippen molar-refractivity contribution in [3.63, 3.8) is 0 Å². The summed E-state index contributed by atoms with van der Waals surface area (Å²) in [5.41, 5.74) is 5.32. The van der Waals surface area contributed by atoms with Gasteiger partial charge in [0.25, 0.3) is 0 Å². The average Bonchev–Trinajstić information content (AvgIpc) is 2.74. The second-order valence-corrected chi connectivity index (χ2v) is 4.46. The number of carbonyl (C=O) groups excluding carboxylic acids is 1. The van der Waals surface area contributed by atoms with Gasteiger partial charge in [0.1, 0.15) is 0 Å². The lowest BCUT2D eigenvalue weighted by atomic mass is 10.2. The number of nitrogens with two attached hydrogens (primary N) is 1. The van der Waals surface area contributed by atoms with Crippen molar-refractivity contribution in [1.82, 2.24) is 5.32 Å². The molecule has 3 N–H and O–H groups in total.